The molecule has 0 atom stereocenters. The zero-order valence-corrected chi connectivity index (χ0v) is 11.7. The van der Waals surface area contributed by atoms with Gasteiger partial charge < -0.3 is 10.1 Å². The molecule has 0 aliphatic heterocycles. The van der Waals surface area contributed by atoms with E-state index in [-0.39, 0.29) is 11.5 Å². The van der Waals surface area contributed by atoms with Crippen molar-refractivity contribution in [1.82, 2.24) is 5.32 Å². The Kier molecular flexibility index (Phi) is 5.29. The highest BCUT2D eigenvalue weighted by atomic mass is 16.5. The van der Waals surface area contributed by atoms with Gasteiger partial charge in [0.2, 0.25) is 0 Å². The third kappa shape index (κ3) is 6.54. The summed E-state index contributed by atoms with van der Waals surface area (Å²) in [6.07, 6.45) is 4.80. The van der Waals surface area contributed by atoms with E-state index in [4.69, 9.17) is 4.74 Å². The molecule has 0 unspecified atom stereocenters. The Morgan fingerprint density at radius 2 is 1.82 bits per heavy atom. The molecule has 0 bridgehead atoms. The van der Waals surface area contributed by atoms with Crippen LogP contribution in [0.4, 0.5) is 4.79 Å². The van der Waals surface area contributed by atoms with Gasteiger partial charge in [-0.05, 0) is 30.1 Å². The van der Waals surface area contributed by atoms with Crippen molar-refractivity contribution in [1.29, 1.82) is 0 Å². The lowest BCUT2D eigenvalue weighted by atomic mass is 9.83. The second-order valence-electron chi connectivity index (χ2n) is 6.64. The summed E-state index contributed by atoms with van der Waals surface area (Å²) in [6.45, 7) is 9.73. The molecular formula is C14H27NO2. The summed E-state index contributed by atoms with van der Waals surface area (Å²) in [4.78, 5) is 11.5. The molecule has 0 heterocycles. The number of rotatable bonds is 3. The van der Waals surface area contributed by atoms with Crippen molar-refractivity contribution >= 4 is 6.09 Å². The smallest absolute Gasteiger partial charge is 0.407 e. The first-order valence-electron chi connectivity index (χ1n) is 6.77. The molecule has 1 amide bonds. The van der Waals surface area contributed by atoms with Crippen LogP contribution in [-0.2, 0) is 4.74 Å². The molecule has 1 N–H and O–H groups in total. The number of hydrogen-bond acceptors (Lipinski definition) is 2. The van der Waals surface area contributed by atoms with Crippen LogP contribution < -0.4 is 5.32 Å². The van der Waals surface area contributed by atoms with Crippen LogP contribution >= 0.6 is 0 Å². The number of carbonyl (C=O) groups excluding carboxylic acids is 1. The van der Waals surface area contributed by atoms with Crippen LogP contribution in [0.2, 0.25) is 0 Å². The highest BCUT2D eigenvalue weighted by Crippen LogP contribution is 2.27. The fourth-order valence-electron chi connectivity index (χ4n) is 2.09. The van der Waals surface area contributed by atoms with E-state index in [0.29, 0.717) is 12.5 Å². The molecule has 17 heavy (non-hydrogen) atoms. The lowest BCUT2D eigenvalue weighted by Crippen LogP contribution is -2.33. The van der Waals surface area contributed by atoms with E-state index in [2.05, 4.69) is 33.0 Å². The number of amides is 1. The van der Waals surface area contributed by atoms with Crippen molar-refractivity contribution in [3.05, 3.63) is 0 Å². The molecule has 1 aliphatic carbocycles. The summed E-state index contributed by atoms with van der Waals surface area (Å²) in [5.41, 5.74) is 0.0393. The molecule has 3 nitrogen and oxygen atoms in total. The summed E-state index contributed by atoms with van der Waals surface area (Å²) in [7, 11) is 0. The maximum absolute atomic E-state index is 11.5. The fourth-order valence-corrected chi connectivity index (χ4v) is 2.09. The first kappa shape index (κ1) is 14.3. The van der Waals surface area contributed by atoms with Gasteiger partial charge in [0.1, 0.15) is 0 Å². The van der Waals surface area contributed by atoms with Gasteiger partial charge >= 0.3 is 6.09 Å². The predicted octanol–water partition coefficient (Wildman–Crippen LogP) is 3.59. The minimum atomic E-state index is -0.265. The van der Waals surface area contributed by atoms with E-state index in [0.717, 1.165) is 12.5 Å². The van der Waals surface area contributed by atoms with Crippen LogP contribution in [0.3, 0.4) is 0 Å². The summed E-state index contributed by atoms with van der Waals surface area (Å²) in [5.74, 6) is 1.51. The van der Waals surface area contributed by atoms with Gasteiger partial charge in [0.05, 0.1) is 6.61 Å². The Balaban J connectivity index is 2.11. The van der Waals surface area contributed by atoms with Crippen LogP contribution in [0.15, 0.2) is 0 Å². The van der Waals surface area contributed by atoms with Crippen molar-refractivity contribution < 1.29 is 9.53 Å². The molecular weight excluding hydrogens is 214 g/mol. The van der Waals surface area contributed by atoms with Gasteiger partial charge in [0, 0.05) is 6.54 Å². The van der Waals surface area contributed by atoms with E-state index >= 15 is 0 Å². The average molecular weight is 241 g/mol. The standard InChI is InChI=1S/C14H27NO2/c1-11-5-7-12(8-6-11)9-15-13(16)17-10-14(2,3)4/h11-12H,5-10H2,1-4H3,(H,15,16)/t11-,12-. The van der Waals surface area contributed by atoms with Crippen molar-refractivity contribution in [2.24, 2.45) is 17.3 Å². The topological polar surface area (TPSA) is 38.3 Å². The van der Waals surface area contributed by atoms with Gasteiger partial charge in [0.15, 0.2) is 0 Å². The Morgan fingerprint density at radius 1 is 1.24 bits per heavy atom. The molecule has 0 aromatic carbocycles. The van der Waals surface area contributed by atoms with E-state index < -0.39 is 0 Å². The zero-order valence-electron chi connectivity index (χ0n) is 11.7. The molecule has 100 valence electrons. The number of nitrogens with one attached hydrogen (secondary N) is 1. The molecule has 1 fully saturated rings. The first-order valence-corrected chi connectivity index (χ1v) is 6.77. The minimum absolute atomic E-state index is 0.0393. The molecule has 1 saturated carbocycles. The molecule has 0 aromatic rings. The SMILES string of the molecule is CC(C)(C)COC(=O)NC[C@H]1CC[C@H](C)CC1. The van der Waals surface area contributed by atoms with Gasteiger partial charge in [-0.3, -0.25) is 0 Å². The normalized spacial score (nSPS) is 25.4. The van der Waals surface area contributed by atoms with Crippen molar-refractivity contribution in [3.8, 4) is 0 Å². The maximum Gasteiger partial charge on any atom is 0.407 e. The van der Waals surface area contributed by atoms with Crippen molar-refractivity contribution in [3.63, 3.8) is 0 Å². The minimum Gasteiger partial charge on any atom is -0.449 e. The van der Waals surface area contributed by atoms with Crippen LogP contribution in [0, 0.1) is 17.3 Å². The van der Waals surface area contributed by atoms with Gasteiger partial charge in [0.25, 0.3) is 0 Å². The highest BCUT2D eigenvalue weighted by Gasteiger charge is 2.19. The molecule has 0 spiro atoms. The average Bonchev–Trinajstić information content (AvgIpc) is 2.25. The monoisotopic (exact) mass is 241 g/mol. The van der Waals surface area contributed by atoms with Gasteiger partial charge in [-0.1, -0.05) is 40.5 Å². The summed E-state index contributed by atoms with van der Waals surface area (Å²) in [5, 5.41) is 2.88. The summed E-state index contributed by atoms with van der Waals surface area (Å²) in [6, 6.07) is 0. The molecule has 0 saturated heterocycles. The third-order valence-electron chi connectivity index (χ3n) is 3.31. The molecule has 0 aromatic heterocycles. The number of carbonyl (C=O) groups is 1. The van der Waals surface area contributed by atoms with Crippen LogP contribution in [0.5, 0.6) is 0 Å². The maximum atomic E-state index is 11.5. The Morgan fingerprint density at radius 3 is 2.35 bits per heavy atom. The van der Waals surface area contributed by atoms with E-state index in [1.807, 2.05) is 0 Å². The van der Waals surface area contributed by atoms with Crippen LogP contribution in [-0.4, -0.2) is 19.2 Å². The zero-order chi connectivity index (χ0) is 12.9. The lowest BCUT2D eigenvalue weighted by molar-refractivity contribution is 0.104. The second kappa shape index (κ2) is 6.27. The first-order chi connectivity index (χ1) is 7.87. The Labute approximate surface area is 105 Å². The second-order valence-corrected chi connectivity index (χ2v) is 6.64. The molecule has 1 aliphatic rings. The quantitative estimate of drug-likeness (QED) is 0.820. The predicted molar refractivity (Wildman–Crippen MR) is 69.9 cm³/mol. The van der Waals surface area contributed by atoms with Gasteiger partial charge in [-0.15, -0.1) is 0 Å². The molecule has 1 rings (SSSR count). The van der Waals surface area contributed by atoms with Gasteiger partial charge in [-0.2, -0.15) is 0 Å². The number of hydrogen-bond donors (Lipinski definition) is 1. The van der Waals surface area contributed by atoms with Crippen molar-refractivity contribution in [2.75, 3.05) is 13.2 Å². The highest BCUT2D eigenvalue weighted by molar-refractivity contribution is 5.67. The van der Waals surface area contributed by atoms with Gasteiger partial charge in [-0.25, -0.2) is 4.79 Å². The number of alkyl carbamates (subject to hydrolysis) is 1. The van der Waals surface area contributed by atoms with E-state index in [9.17, 15) is 4.79 Å². The number of ether oxygens (including phenoxy) is 1. The lowest BCUT2D eigenvalue weighted by Gasteiger charge is -2.26. The third-order valence-corrected chi connectivity index (χ3v) is 3.31. The van der Waals surface area contributed by atoms with E-state index in [1.54, 1.807) is 0 Å². The fraction of sp³-hybridized carbons (Fsp3) is 0.929. The largest absolute Gasteiger partial charge is 0.449 e. The Hall–Kier alpha value is -0.730. The Bertz CT molecular complexity index is 237. The van der Waals surface area contributed by atoms with Crippen LogP contribution in [0.1, 0.15) is 53.4 Å². The summed E-state index contributed by atoms with van der Waals surface area (Å²) < 4.78 is 5.17. The summed E-state index contributed by atoms with van der Waals surface area (Å²) >= 11 is 0. The van der Waals surface area contributed by atoms with E-state index in [1.165, 1.54) is 25.7 Å². The van der Waals surface area contributed by atoms with Crippen molar-refractivity contribution in [2.45, 2.75) is 53.4 Å². The van der Waals surface area contributed by atoms with Crippen LogP contribution in [0.25, 0.3) is 0 Å². The molecule has 0 radical (unpaired) electrons. The molecule has 3 heteroatoms.